The predicted molar refractivity (Wildman–Crippen MR) is 125 cm³/mol. The van der Waals surface area contributed by atoms with E-state index in [0.29, 0.717) is 10.2 Å². The number of hydrogen-bond acceptors (Lipinski definition) is 9. The van der Waals surface area contributed by atoms with Crippen LogP contribution in [0.3, 0.4) is 0 Å². The molecule has 182 valence electrons. The van der Waals surface area contributed by atoms with Crippen LogP contribution in [0.15, 0.2) is 51.8 Å². The maximum atomic E-state index is 13.1. The first-order valence-electron chi connectivity index (χ1n) is 9.76. The van der Waals surface area contributed by atoms with Gasteiger partial charge in [-0.1, -0.05) is 12.1 Å². The van der Waals surface area contributed by atoms with E-state index in [1.54, 1.807) is 0 Å². The van der Waals surface area contributed by atoms with Gasteiger partial charge in [-0.25, -0.2) is 8.42 Å². The number of carbonyl (C=O) groups is 4. The van der Waals surface area contributed by atoms with E-state index in [2.05, 4.69) is 15.9 Å². The summed E-state index contributed by atoms with van der Waals surface area (Å²) in [6.45, 7) is 0. The first-order chi connectivity index (χ1) is 15.9. The number of methoxy groups -OCH3 is 3. The van der Waals surface area contributed by atoms with Crippen LogP contribution >= 0.6 is 15.9 Å². The molecule has 0 amide bonds. The monoisotopic (exact) mass is 554 g/mol. The van der Waals surface area contributed by atoms with Crippen molar-refractivity contribution in [2.75, 3.05) is 27.6 Å². The lowest BCUT2D eigenvalue weighted by Crippen LogP contribution is -2.44. The molecule has 0 saturated heterocycles. The van der Waals surface area contributed by atoms with E-state index >= 15 is 0 Å². The van der Waals surface area contributed by atoms with Gasteiger partial charge in [0.2, 0.25) is 0 Å². The lowest BCUT2D eigenvalue weighted by Gasteiger charge is -2.27. The second-order valence-corrected chi connectivity index (χ2v) is 10.3. The van der Waals surface area contributed by atoms with Crippen LogP contribution in [0.1, 0.15) is 33.6 Å². The van der Waals surface area contributed by atoms with Gasteiger partial charge in [0, 0.05) is 30.2 Å². The number of benzene rings is 2. The molecular weight excluding hydrogens is 532 g/mol. The van der Waals surface area contributed by atoms with Crippen molar-refractivity contribution in [1.82, 2.24) is 0 Å². The van der Waals surface area contributed by atoms with Gasteiger partial charge in [0.1, 0.15) is 5.75 Å². The third kappa shape index (κ3) is 5.89. The van der Waals surface area contributed by atoms with Crippen LogP contribution in [0.4, 0.5) is 0 Å². The molecule has 0 aromatic heterocycles. The van der Waals surface area contributed by atoms with E-state index in [9.17, 15) is 27.6 Å². The number of halogens is 1. The zero-order valence-electron chi connectivity index (χ0n) is 18.9. The van der Waals surface area contributed by atoms with Crippen LogP contribution in [0.2, 0.25) is 0 Å². The lowest BCUT2D eigenvalue weighted by molar-refractivity contribution is -0.168. The molecule has 0 bridgehead atoms. The summed E-state index contributed by atoms with van der Waals surface area (Å²) in [6, 6.07) is 9.45. The highest BCUT2D eigenvalue weighted by atomic mass is 79.9. The molecular formula is C23H23BrO9S. The largest absolute Gasteiger partial charge is 0.496 e. The Morgan fingerprint density at radius 3 is 1.71 bits per heavy atom. The van der Waals surface area contributed by atoms with Crippen molar-refractivity contribution in [3.05, 3.63) is 58.1 Å². The van der Waals surface area contributed by atoms with E-state index in [-0.39, 0.29) is 16.0 Å². The molecule has 0 aliphatic rings. The van der Waals surface area contributed by atoms with Gasteiger partial charge in [-0.15, -0.1) is 0 Å². The Kier molecular flexibility index (Phi) is 8.73. The Bertz CT molecular complexity index is 1200. The zero-order valence-corrected chi connectivity index (χ0v) is 21.3. The fraction of sp³-hybridized carbons (Fsp3) is 0.304. The maximum absolute atomic E-state index is 13.1. The summed E-state index contributed by atoms with van der Waals surface area (Å²) >= 11 is 3.27. The Hall–Kier alpha value is -3.05. The van der Waals surface area contributed by atoms with Crippen molar-refractivity contribution in [1.29, 1.82) is 0 Å². The molecule has 9 nitrogen and oxygen atoms in total. The SMILES string of the molecule is COC(=O)C(CC(=O)c1ccc(S(C)(=O)=O)cc1)(CC(=O)c1ccc(OC)c(Br)c1)C(=O)OC. The number of hydrogen-bond donors (Lipinski definition) is 0. The number of rotatable bonds is 10. The Balaban J connectivity index is 2.47. The molecule has 34 heavy (non-hydrogen) atoms. The molecule has 2 aromatic rings. The van der Waals surface area contributed by atoms with E-state index < -0.39 is 51.6 Å². The van der Waals surface area contributed by atoms with Crippen LogP contribution < -0.4 is 4.74 Å². The van der Waals surface area contributed by atoms with Crippen LogP contribution in [-0.2, 0) is 28.9 Å². The molecule has 0 heterocycles. The van der Waals surface area contributed by atoms with Crippen LogP contribution in [0.5, 0.6) is 5.75 Å². The molecule has 0 unspecified atom stereocenters. The summed E-state index contributed by atoms with van der Waals surface area (Å²) in [5.74, 6) is -3.04. The molecule has 0 aliphatic heterocycles. The Labute approximate surface area is 205 Å². The number of sulfone groups is 1. The number of carbonyl (C=O) groups excluding carboxylic acids is 4. The highest BCUT2D eigenvalue weighted by Crippen LogP contribution is 2.35. The summed E-state index contributed by atoms with van der Waals surface area (Å²) in [5, 5.41) is 0. The van der Waals surface area contributed by atoms with Crippen molar-refractivity contribution in [3.63, 3.8) is 0 Å². The molecule has 0 fully saturated rings. The second kappa shape index (κ2) is 10.9. The molecule has 2 rings (SSSR count). The number of ketones is 2. The average molecular weight is 555 g/mol. The summed E-state index contributed by atoms with van der Waals surface area (Å²) in [4.78, 5) is 51.7. The van der Waals surface area contributed by atoms with E-state index in [1.165, 1.54) is 49.6 Å². The number of esters is 2. The first-order valence-corrected chi connectivity index (χ1v) is 12.4. The van der Waals surface area contributed by atoms with Crippen molar-refractivity contribution < 1.29 is 41.8 Å². The van der Waals surface area contributed by atoms with Gasteiger partial charge in [0.05, 0.1) is 30.7 Å². The molecule has 0 aliphatic carbocycles. The fourth-order valence-electron chi connectivity index (χ4n) is 3.31. The first kappa shape index (κ1) is 27.2. The summed E-state index contributed by atoms with van der Waals surface area (Å²) in [5.41, 5.74) is -2.04. The van der Waals surface area contributed by atoms with Gasteiger partial charge in [0.25, 0.3) is 0 Å². The van der Waals surface area contributed by atoms with Gasteiger partial charge in [-0.3, -0.25) is 19.2 Å². The molecule has 0 saturated carbocycles. The smallest absolute Gasteiger partial charge is 0.324 e. The highest BCUT2D eigenvalue weighted by Gasteiger charge is 2.51. The van der Waals surface area contributed by atoms with Gasteiger partial charge in [0.15, 0.2) is 26.8 Å². The van der Waals surface area contributed by atoms with Crippen molar-refractivity contribution in [2.24, 2.45) is 5.41 Å². The zero-order chi connectivity index (χ0) is 25.7. The van der Waals surface area contributed by atoms with E-state index in [0.717, 1.165) is 20.5 Å². The summed E-state index contributed by atoms with van der Waals surface area (Å²) in [6.07, 6.45) is -0.404. The summed E-state index contributed by atoms with van der Waals surface area (Å²) < 4.78 is 38.5. The standard InChI is InChI=1S/C23H23BrO9S/c1-31-20-10-7-15(11-17(20)24)19(26)13-23(21(27)32-2,22(28)33-3)12-18(25)14-5-8-16(9-6-14)34(4,29)30/h5-11H,12-13H2,1-4H3. The molecule has 0 atom stereocenters. The predicted octanol–water partition coefficient (Wildman–Crippen LogP) is 3.04. The molecule has 2 aromatic carbocycles. The molecule has 0 spiro atoms. The van der Waals surface area contributed by atoms with Crippen molar-refractivity contribution in [3.8, 4) is 5.75 Å². The van der Waals surface area contributed by atoms with Gasteiger partial charge >= 0.3 is 11.9 Å². The van der Waals surface area contributed by atoms with Crippen molar-refractivity contribution >= 4 is 49.3 Å². The average Bonchev–Trinajstić information content (AvgIpc) is 2.81. The minimum atomic E-state index is -3.49. The Morgan fingerprint density at radius 1 is 0.824 bits per heavy atom. The van der Waals surface area contributed by atoms with E-state index in [4.69, 9.17) is 14.2 Å². The minimum Gasteiger partial charge on any atom is -0.496 e. The second-order valence-electron chi connectivity index (χ2n) is 7.41. The fourth-order valence-corrected chi connectivity index (χ4v) is 4.48. The minimum absolute atomic E-state index is 0.00323. The van der Waals surface area contributed by atoms with Gasteiger partial charge in [-0.05, 0) is 46.3 Å². The number of Topliss-reactive ketones (excluding diaryl/α,β-unsaturated/α-hetero) is 2. The normalized spacial score (nSPS) is 11.4. The quantitative estimate of drug-likeness (QED) is 0.247. The molecule has 11 heteroatoms. The molecule has 0 radical (unpaired) electrons. The summed E-state index contributed by atoms with van der Waals surface area (Å²) in [7, 11) is 0.0215. The maximum Gasteiger partial charge on any atom is 0.324 e. The third-order valence-corrected chi connectivity index (χ3v) is 6.90. The van der Waals surface area contributed by atoms with Gasteiger partial charge < -0.3 is 14.2 Å². The van der Waals surface area contributed by atoms with Crippen LogP contribution in [0.25, 0.3) is 0 Å². The topological polar surface area (TPSA) is 130 Å². The third-order valence-electron chi connectivity index (χ3n) is 5.16. The van der Waals surface area contributed by atoms with Gasteiger partial charge in [-0.2, -0.15) is 0 Å². The van der Waals surface area contributed by atoms with Crippen molar-refractivity contribution in [2.45, 2.75) is 17.7 Å². The Morgan fingerprint density at radius 2 is 1.29 bits per heavy atom. The van der Waals surface area contributed by atoms with E-state index in [1.807, 2.05) is 0 Å². The highest BCUT2D eigenvalue weighted by molar-refractivity contribution is 9.10. The number of ether oxygens (including phenoxy) is 3. The lowest BCUT2D eigenvalue weighted by atomic mass is 9.76. The van der Waals surface area contributed by atoms with Crippen LogP contribution in [0, 0.1) is 5.41 Å². The van der Waals surface area contributed by atoms with Crippen LogP contribution in [-0.4, -0.2) is 59.5 Å². The molecule has 0 N–H and O–H groups in total.